The highest BCUT2D eigenvalue weighted by atomic mass is 16.1. The van der Waals surface area contributed by atoms with E-state index in [0.717, 1.165) is 18.5 Å². The molecule has 1 heterocycles. The Morgan fingerprint density at radius 3 is 2.79 bits per heavy atom. The minimum absolute atomic E-state index is 0.0956. The van der Waals surface area contributed by atoms with Crippen LogP contribution in [0.25, 0.3) is 0 Å². The molecule has 5 heteroatoms. The maximum absolute atomic E-state index is 11.8. The number of aromatic nitrogens is 2. The van der Waals surface area contributed by atoms with Crippen LogP contribution in [0.2, 0.25) is 0 Å². The van der Waals surface area contributed by atoms with Crippen molar-refractivity contribution in [3.63, 3.8) is 0 Å². The number of hydrogen-bond acceptors (Lipinski definition) is 3. The van der Waals surface area contributed by atoms with E-state index in [1.54, 1.807) is 6.20 Å². The van der Waals surface area contributed by atoms with E-state index >= 15 is 0 Å². The van der Waals surface area contributed by atoms with E-state index in [1.165, 1.54) is 0 Å². The van der Waals surface area contributed by atoms with Crippen molar-refractivity contribution in [2.45, 2.75) is 33.1 Å². The summed E-state index contributed by atoms with van der Waals surface area (Å²) in [5, 5.41) is 7.05. The molecule has 0 aromatic carbocycles. The fourth-order valence-electron chi connectivity index (χ4n) is 2.24. The summed E-state index contributed by atoms with van der Waals surface area (Å²) in [5.41, 5.74) is 6.83. The monoisotopic (exact) mass is 266 g/mol. The van der Waals surface area contributed by atoms with Crippen molar-refractivity contribution < 1.29 is 4.79 Å². The summed E-state index contributed by atoms with van der Waals surface area (Å²) in [7, 11) is 1.91. The zero-order valence-corrected chi connectivity index (χ0v) is 12.2. The Labute approximate surface area is 115 Å². The normalized spacial score (nSPS) is 12.7. The third-order valence-electron chi connectivity index (χ3n) is 3.24. The molecule has 1 unspecified atom stereocenters. The summed E-state index contributed by atoms with van der Waals surface area (Å²) in [5.74, 6) is 0.964. The molecule has 0 radical (unpaired) electrons. The first kappa shape index (κ1) is 15.7. The zero-order valence-electron chi connectivity index (χ0n) is 12.2. The third-order valence-corrected chi connectivity index (χ3v) is 3.24. The first-order valence-corrected chi connectivity index (χ1v) is 6.96. The van der Waals surface area contributed by atoms with Crippen LogP contribution in [0.1, 0.15) is 32.4 Å². The molecule has 0 aliphatic heterocycles. The molecule has 1 rings (SSSR count). The average molecular weight is 266 g/mol. The molecule has 1 amide bonds. The van der Waals surface area contributed by atoms with Gasteiger partial charge in [0, 0.05) is 38.3 Å². The van der Waals surface area contributed by atoms with Gasteiger partial charge in [0.15, 0.2) is 0 Å². The zero-order chi connectivity index (χ0) is 14.3. The van der Waals surface area contributed by atoms with Gasteiger partial charge in [0.1, 0.15) is 0 Å². The van der Waals surface area contributed by atoms with E-state index in [9.17, 15) is 4.79 Å². The minimum atomic E-state index is 0.0956. The van der Waals surface area contributed by atoms with Crippen molar-refractivity contribution in [2.24, 2.45) is 24.6 Å². The topological polar surface area (TPSA) is 72.9 Å². The molecule has 0 aliphatic carbocycles. The number of carbonyl (C=O) groups is 1. The van der Waals surface area contributed by atoms with Gasteiger partial charge in [-0.3, -0.25) is 9.48 Å². The molecule has 5 nitrogen and oxygen atoms in total. The smallest absolute Gasteiger partial charge is 0.220 e. The van der Waals surface area contributed by atoms with Crippen molar-refractivity contribution in [1.82, 2.24) is 15.1 Å². The number of nitrogens with one attached hydrogen (secondary N) is 1. The molecule has 0 saturated carbocycles. The summed E-state index contributed by atoms with van der Waals surface area (Å²) in [6.07, 6.45) is 4.11. The van der Waals surface area contributed by atoms with Crippen LogP contribution < -0.4 is 11.1 Å². The van der Waals surface area contributed by atoms with Crippen LogP contribution in [0, 0.1) is 11.8 Å². The highest BCUT2D eigenvalue weighted by Gasteiger charge is 2.13. The lowest BCUT2D eigenvalue weighted by atomic mass is 9.94. The summed E-state index contributed by atoms with van der Waals surface area (Å²) >= 11 is 0. The number of carbonyl (C=O) groups excluding carboxylic acids is 1. The van der Waals surface area contributed by atoms with E-state index in [2.05, 4.69) is 24.3 Å². The predicted octanol–water partition coefficient (Wildman–Crippen LogP) is 1.09. The molecule has 0 saturated heterocycles. The van der Waals surface area contributed by atoms with E-state index in [-0.39, 0.29) is 11.8 Å². The molecule has 108 valence electrons. The van der Waals surface area contributed by atoms with Gasteiger partial charge in [-0.25, -0.2) is 0 Å². The Morgan fingerprint density at radius 1 is 1.53 bits per heavy atom. The molecular formula is C14H26N4O. The number of rotatable bonds is 8. The SMILES string of the molecule is CC(C)CC(CN)CC(=O)NCCc1ccnn1C. The first-order valence-electron chi connectivity index (χ1n) is 6.96. The van der Waals surface area contributed by atoms with Crippen molar-refractivity contribution in [3.05, 3.63) is 18.0 Å². The number of nitrogens with zero attached hydrogens (tertiary/aromatic N) is 2. The Balaban J connectivity index is 2.25. The molecule has 1 aromatic heterocycles. The Bertz CT molecular complexity index is 387. The fraction of sp³-hybridized carbons (Fsp3) is 0.714. The van der Waals surface area contributed by atoms with Crippen molar-refractivity contribution in [3.8, 4) is 0 Å². The number of aryl methyl sites for hydroxylation is 1. The predicted molar refractivity (Wildman–Crippen MR) is 76.5 cm³/mol. The maximum Gasteiger partial charge on any atom is 0.220 e. The van der Waals surface area contributed by atoms with Crippen LogP contribution in [-0.2, 0) is 18.3 Å². The molecule has 0 fully saturated rings. The Kier molecular flexibility index (Phi) is 6.56. The lowest BCUT2D eigenvalue weighted by Crippen LogP contribution is -2.30. The second-order valence-corrected chi connectivity index (χ2v) is 5.48. The van der Waals surface area contributed by atoms with Crippen molar-refractivity contribution in [2.75, 3.05) is 13.1 Å². The second-order valence-electron chi connectivity index (χ2n) is 5.48. The standard InChI is InChI=1S/C14H26N4O/c1-11(2)8-12(10-15)9-14(19)16-6-4-13-5-7-17-18(13)3/h5,7,11-12H,4,6,8-10,15H2,1-3H3,(H,16,19). The molecule has 1 atom stereocenters. The summed E-state index contributed by atoms with van der Waals surface area (Å²) in [4.78, 5) is 11.8. The highest BCUT2D eigenvalue weighted by Crippen LogP contribution is 2.13. The molecular weight excluding hydrogens is 240 g/mol. The van der Waals surface area contributed by atoms with Crippen LogP contribution in [0.4, 0.5) is 0 Å². The number of hydrogen-bond donors (Lipinski definition) is 2. The molecule has 0 aliphatic rings. The minimum Gasteiger partial charge on any atom is -0.356 e. The molecule has 0 spiro atoms. The maximum atomic E-state index is 11.8. The second kappa shape index (κ2) is 7.94. The largest absolute Gasteiger partial charge is 0.356 e. The van der Waals surface area contributed by atoms with Gasteiger partial charge in [-0.1, -0.05) is 13.8 Å². The third kappa shape index (κ3) is 5.87. The Morgan fingerprint density at radius 2 is 2.26 bits per heavy atom. The van der Waals surface area contributed by atoms with Crippen molar-refractivity contribution >= 4 is 5.91 Å². The van der Waals surface area contributed by atoms with Gasteiger partial charge < -0.3 is 11.1 Å². The van der Waals surface area contributed by atoms with E-state index in [1.807, 2.05) is 17.8 Å². The fourth-order valence-corrected chi connectivity index (χ4v) is 2.24. The van der Waals surface area contributed by atoms with Gasteiger partial charge in [-0.2, -0.15) is 5.10 Å². The number of amides is 1. The molecule has 3 N–H and O–H groups in total. The molecule has 1 aromatic rings. The highest BCUT2D eigenvalue weighted by molar-refractivity contribution is 5.76. The summed E-state index contributed by atoms with van der Waals surface area (Å²) in [6, 6.07) is 1.97. The van der Waals surface area contributed by atoms with Gasteiger partial charge in [-0.05, 0) is 30.9 Å². The van der Waals surface area contributed by atoms with Crippen LogP contribution in [0.5, 0.6) is 0 Å². The van der Waals surface area contributed by atoms with Gasteiger partial charge in [0.05, 0.1) is 0 Å². The van der Waals surface area contributed by atoms with Gasteiger partial charge in [-0.15, -0.1) is 0 Å². The quantitative estimate of drug-likeness (QED) is 0.740. The van der Waals surface area contributed by atoms with Crippen LogP contribution in [-0.4, -0.2) is 28.8 Å². The molecule has 19 heavy (non-hydrogen) atoms. The average Bonchev–Trinajstić information content (AvgIpc) is 2.73. The first-order chi connectivity index (χ1) is 9.02. The van der Waals surface area contributed by atoms with Gasteiger partial charge in [0.25, 0.3) is 0 Å². The Hall–Kier alpha value is -1.36. The van der Waals surface area contributed by atoms with Crippen LogP contribution >= 0.6 is 0 Å². The summed E-state index contributed by atoms with van der Waals surface area (Å²) in [6.45, 7) is 5.54. The molecule has 0 bridgehead atoms. The van der Waals surface area contributed by atoms with Crippen molar-refractivity contribution in [1.29, 1.82) is 0 Å². The van der Waals surface area contributed by atoms with E-state index in [4.69, 9.17) is 5.73 Å². The van der Waals surface area contributed by atoms with Crippen LogP contribution in [0.15, 0.2) is 12.3 Å². The van der Waals surface area contributed by atoms with Gasteiger partial charge in [0.2, 0.25) is 5.91 Å². The lowest BCUT2D eigenvalue weighted by Gasteiger charge is -2.16. The van der Waals surface area contributed by atoms with E-state index in [0.29, 0.717) is 25.4 Å². The van der Waals surface area contributed by atoms with Gasteiger partial charge >= 0.3 is 0 Å². The summed E-state index contributed by atoms with van der Waals surface area (Å²) < 4.78 is 1.83. The number of nitrogens with two attached hydrogens (primary N) is 1. The van der Waals surface area contributed by atoms with E-state index < -0.39 is 0 Å². The van der Waals surface area contributed by atoms with Crippen LogP contribution in [0.3, 0.4) is 0 Å². The lowest BCUT2D eigenvalue weighted by molar-refractivity contribution is -0.122.